The number of carbonyl (C=O) groups is 1. The summed E-state index contributed by atoms with van der Waals surface area (Å²) < 4.78 is 1.14. The fourth-order valence-corrected chi connectivity index (χ4v) is 1.83. The van der Waals surface area contributed by atoms with Crippen LogP contribution in [-0.4, -0.2) is 25.7 Å². The smallest absolute Gasteiger partial charge is 0.328 e. The molecule has 0 saturated heterocycles. The molecule has 0 aromatic carbocycles. The van der Waals surface area contributed by atoms with E-state index in [-0.39, 0.29) is 17.5 Å². The molecule has 0 radical (unpaired) electrons. The number of H-pyrrole nitrogens is 2. The topological polar surface area (TPSA) is 113 Å². The maximum atomic E-state index is 12.0. The predicted octanol–water partition coefficient (Wildman–Crippen LogP) is 0.0242. The molecule has 1 amide bonds. The second kappa shape index (κ2) is 5.63. The van der Waals surface area contributed by atoms with Crippen LogP contribution >= 0.6 is 0 Å². The molecule has 118 valence electrons. The quantitative estimate of drug-likeness (QED) is 0.742. The fourth-order valence-electron chi connectivity index (χ4n) is 1.83. The third-order valence-corrected chi connectivity index (χ3v) is 3.19. The van der Waals surface area contributed by atoms with E-state index in [0.29, 0.717) is 0 Å². The van der Waals surface area contributed by atoms with E-state index in [1.807, 2.05) is 26.8 Å². The molecule has 0 aliphatic heterocycles. The van der Waals surface area contributed by atoms with Gasteiger partial charge in [-0.15, -0.1) is 0 Å². The van der Waals surface area contributed by atoms with Crippen LogP contribution in [0.4, 0.5) is 0 Å². The molecule has 2 rings (SSSR count). The van der Waals surface area contributed by atoms with E-state index in [9.17, 15) is 14.4 Å². The zero-order chi connectivity index (χ0) is 16.5. The Morgan fingerprint density at radius 1 is 1.36 bits per heavy atom. The second-order valence-corrected chi connectivity index (χ2v) is 6.12. The summed E-state index contributed by atoms with van der Waals surface area (Å²) in [4.78, 5) is 37.0. The number of carbonyl (C=O) groups excluding carboxylic acids is 1. The minimum absolute atomic E-state index is 0.0897. The van der Waals surface area contributed by atoms with Gasteiger partial charge >= 0.3 is 5.69 Å². The zero-order valence-corrected chi connectivity index (χ0v) is 13.0. The highest BCUT2D eigenvalue weighted by atomic mass is 16.2. The first-order valence-corrected chi connectivity index (χ1v) is 6.81. The lowest BCUT2D eigenvalue weighted by Gasteiger charge is -2.13. The van der Waals surface area contributed by atoms with Gasteiger partial charge in [0.2, 0.25) is 0 Å². The maximum absolute atomic E-state index is 12.0. The molecule has 2 aromatic rings. The SMILES string of the molecule is Cn1cc(C(=O)NCc2cc(C(C)(C)C)n[nH]2)c(=O)[nH]c1=O. The van der Waals surface area contributed by atoms with Gasteiger partial charge in [-0.1, -0.05) is 20.8 Å². The lowest BCUT2D eigenvalue weighted by atomic mass is 9.92. The molecule has 2 aromatic heterocycles. The Kier molecular flexibility index (Phi) is 4.03. The molecular weight excluding hydrogens is 286 g/mol. The van der Waals surface area contributed by atoms with Crippen LogP contribution in [0, 0.1) is 0 Å². The molecule has 0 bridgehead atoms. The predicted molar refractivity (Wildman–Crippen MR) is 80.8 cm³/mol. The average molecular weight is 305 g/mol. The van der Waals surface area contributed by atoms with Gasteiger partial charge in [-0.25, -0.2) is 4.79 Å². The van der Waals surface area contributed by atoms with Crippen molar-refractivity contribution in [3.8, 4) is 0 Å². The minimum Gasteiger partial charge on any atom is -0.346 e. The Hall–Kier alpha value is -2.64. The summed E-state index contributed by atoms with van der Waals surface area (Å²) >= 11 is 0. The Bertz CT molecular complexity index is 807. The van der Waals surface area contributed by atoms with Gasteiger partial charge in [0.05, 0.1) is 17.9 Å². The summed E-state index contributed by atoms with van der Waals surface area (Å²) in [7, 11) is 1.46. The molecule has 8 nitrogen and oxygen atoms in total. The van der Waals surface area contributed by atoms with Crippen molar-refractivity contribution in [1.29, 1.82) is 0 Å². The van der Waals surface area contributed by atoms with Crippen molar-refractivity contribution >= 4 is 5.91 Å². The van der Waals surface area contributed by atoms with E-state index in [0.717, 1.165) is 16.0 Å². The highest BCUT2D eigenvalue weighted by Gasteiger charge is 2.18. The lowest BCUT2D eigenvalue weighted by molar-refractivity contribution is 0.0948. The van der Waals surface area contributed by atoms with Crippen LogP contribution in [-0.2, 0) is 19.0 Å². The van der Waals surface area contributed by atoms with Crippen molar-refractivity contribution in [1.82, 2.24) is 25.1 Å². The number of hydrogen-bond donors (Lipinski definition) is 3. The van der Waals surface area contributed by atoms with E-state index >= 15 is 0 Å². The van der Waals surface area contributed by atoms with Crippen LogP contribution in [0.2, 0.25) is 0 Å². The highest BCUT2D eigenvalue weighted by Crippen LogP contribution is 2.20. The molecule has 0 atom stereocenters. The first kappa shape index (κ1) is 15.7. The standard InChI is InChI=1S/C14H19N5O3/c1-14(2,3)10-5-8(17-18-10)6-15-11(20)9-7-19(4)13(22)16-12(9)21/h5,7H,6H2,1-4H3,(H,15,20)(H,17,18)(H,16,21,22). The van der Waals surface area contributed by atoms with Crippen LogP contribution < -0.4 is 16.6 Å². The number of aromatic amines is 2. The summed E-state index contributed by atoms with van der Waals surface area (Å²) in [5.41, 5.74) is 0.146. The molecule has 2 heterocycles. The molecule has 3 N–H and O–H groups in total. The molecule has 0 aliphatic carbocycles. The average Bonchev–Trinajstić information content (AvgIpc) is 2.89. The van der Waals surface area contributed by atoms with E-state index in [4.69, 9.17) is 0 Å². The van der Waals surface area contributed by atoms with Gasteiger partial charge in [-0.05, 0) is 6.07 Å². The third kappa shape index (κ3) is 3.33. The number of aromatic nitrogens is 4. The van der Waals surface area contributed by atoms with E-state index in [1.165, 1.54) is 13.2 Å². The normalized spacial score (nSPS) is 11.5. The van der Waals surface area contributed by atoms with Gasteiger partial charge in [0.1, 0.15) is 5.56 Å². The van der Waals surface area contributed by atoms with Crippen molar-refractivity contribution in [2.75, 3.05) is 0 Å². The van der Waals surface area contributed by atoms with Gasteiger partial charge < -0.3 is 9.88 Å². The van der Waals surface area contributed by atoms with Gasteiger partial charge in [0.25, 0.3) is 11.5 Å². The van der Waals surface area contributed by atoms with Crippen molar-refractivity contribution in [3.63, 3.8) is 0 Å². The monoisotopic (exact) mass is 305 g/mol. The van der Waals surface area contributed by atoms with E-state index in [1.54, 1.807) is 0 Å². The fraction of sp³-hybridized carbons (Fsp3) is 0.429. The van der Waals surface area contributed by atoms with Crippen LogP contribution in [0.1, 0.15) is 42.5 Å². The molecular formula is C14H19N5O3. The first-order chi connectivity index (χ1) is 10.2. The number of aryl methyl sites for hydroxylation is 1. The summed E-state index contributed by atoms with van der Waals surface area (Å²) in [5, 5.41) is 9.66. The van der Waals surface area contributed by atoms with Crippen molar-refractivity contribution < 1.29 is 4.79 Å². The minimum atomic E-state index is -0.708. The van der Waals surface area contributed by atoms with Crippen LogP contribution in [0.15, 0.2) is 21.9 Å². The van der Waals surface area contributed by atoms with Crippen LogP contribution in [0.25, 0.3) is 0 Å². The Labute approximate surface area is 126 Å². The third-order valence-electron chi connectivity index (χ3n) is 3.19. The van der Waals surface area contributed by atoms with E-state index in [2.05, 4.69) is 20.5 Å². The zero-order valence-electron chi connectivity index (χ0n) is 13.0. The molecule has 8 heteroatoms. The van der Waals surface area contributed by atoms with Gasteiger partial charge in [0.15, 0.2) is 0 Å². The number of nitrogens with one attached hydrogen (secondary N) is 3. The molecule has 0 aliphatic rings. The number of rotatable bonds is 3. The lowest BCUT2D eigenvalue weighted by Crippen LogP contribution is -2.36. The molecule has 0 unspecified atom stereocenters. The van der Waals surface area contributed by atoms with Crippen LogP contribution in [0.5, 0.6) is 0 Å². The van der Waals surface area contributed by atoms with Crippen LogP contribution in [0.3, 0.4) is 0 Å². The van der Waals surface area contributed by atoms with Crippen molar-refractivity contribution in [3.05, 3.63) is 50.1 Å². The number of nitrogens with zero attached hydrogens (tertiary/aromatic N) is 2. The largest absolute Gasteiger partial charge is 0.346 e. The molecule has 22 heavy (non-hydrogen) atoms. The van der Waals surface area contributed by atoms with Crippen molar-refractivity contribution in [2.45, 2.75) is 32.7 Å². The van der Waals surface area contributed by atoms with Gasteiger partial charge in [-0.3, -0.25) is 19.7 Å². The summed E-state index contributed by atoms with van der Waals surface area (Å²) in [6.45, 7) is 6.32. The Balaban J connectivity index is 2.11. The van der Waals surface area contributed by atoms with Gasteiger partial charge in [-0.2, -0.15) is 5.10 Å². The summed E-state index contributed by atoms with van der Waals surface area (Å²) in [6, 6.07) is 1.87. The van der Waals surface area contributed by atoms with Gasteiger partial charge in [0, 0.05) is 18.7 Å². The van der Waals surface area contributed by atoms with Crippen molar-refractivity contribution in [2.24, 2.45) is 7.05 Å². The molecule has 0 saturated carbocycles. The number of amides is 1. The first-order valence-electron chi connectivity index (χ1n) is 6.81. The maximum Gasteiger partial charge on any atom is 0.328 e. The van der Waals surface area contributed by atoms with E-state index < -0.39 is 17.2 Å². The summed E-state index contributed by atoms with van der Waals surface area (Å²) in [5.74, 6) is -0.552. The summed E-state index contributed by atoms with van der Waals surface area (Å²) in [6.07, 6.45) is 1.21. The highest BCUT2D eigenvalue weighted by molar-refractivity contribution is 5.93. The Morgan fingerprint density at radius 2 is 2.05 bits per heavy atom. The number of hydrogen-bond acceptors (Lipinski definition) is 4. The second-order valence-electron chi connectivity index (χ2n) is 6.12. The Morgan fingerprint density at radius 3 is 2.64 bits per heavy atom. The molecule has 0 spiro atoms. The molecule has 0 fully saturated rings.